The van der Waals surface area contributed by atoms with E-state index in [1.54, 1.807) is 0 Å². The molecule has 2 aromatic rings. The van der Waals surface area contributed by atoms with E-state index in [0.717, 1.165) is 37.2 Å². The van der Waals surface area contributed by atoms with Gasteiger partial charge in [0.2, 0.25) is 0 Å². The third-order valence-electron chi connectivity index (χ3n) is 5.12. The predicted molar refractivity (Wildman–Crippen MR) is 103 cm³/mol. The summed E-state index contributed by atoms with van der Waals surface area (Å²) in [4.78, 5) is 17.6. The van der Waals surface area contributed by atoms with E-state index in [2.05, 4.69) is 58.9 Å². The number of aromatic amines is 1. The Bertz CT molecular complexity index is 686. The number of benzene rings is 1. The van der Waals surface area contributed by atoms with Gasteiger partial charge in [0, 0.05) is 30.8 Å². The number of carbonyl (C=O) groups is 1. The topological polar surface area (TPSA) is 60.2 Å². The van der Waals surface area contributed by atoms with Crippen molar-refractivity contribution in [3.05, 3.63) is 36.0 Å². The normalized spacial score (nSPS) is 20.8. The molecular formula is C20H30N4O. The number of amides is 2. The predicted octanol–water partition coefficient (Wildman–Crippen LogP) is 3.13. The van der Waals surface area contributed by atoms with Crippen molar-refractivity contribution >= 4 is 16.9 Å². The minimum atomic E-state index is -0.0289. The Morgan fingerprint density at radius 2 is 2.00 bits per heavy atom. The molecule has 1 aliphatic rings. The Kier molecular flexibility index (Phi) is 5.97. The SMILES string of the molecule is CN(C)CC1CCC(NC(=O)NCCc2ccc3[nH]ccc3c2)CC1. The number of nitrogens with zero attached hydrogens (tertiary/aromatic N) is 1. The molecular weight excluding hydrogens is 312 g/mol. The first kappa shape index (κ1) is 17.8. The van der Waals surface area contributed by atoms with Crippen LogP contribution in [-0.2, 0) is 6.42 Å². The minimum Gasteiger partial charge on any atom is -0.361 e. The van der Waals surface area contributed by atoms with Crippen LogP contribution in [0.3, 0.4) is 0 Å². The van der Waals surface area contributed by atoms with Crippen molar-refractivity contribution in [2.45, 2.75) is 38.1 Å². The van der Waals surface area contributed by atoms with Crippen LogP contribution in [-0.4, -0.2) is 49.1 Å². The highest BCUT2D eigenvalue weighted by atomic mass is 16.2. The first-order chi connectivity index (χ1) is 12.1. The molecule has 25 heavy (non-hydrogen) atoms. The third kappa shape index (κ3) is 5.23. The van der Waals surface area contributed by atoms with E-state index in [-0.39, 0.29) is 6.03 Å². The molecule has 2 amide bonds. The second kappa shape index (κ2) is 8.39. The Morgan fingerprint density at radius 1 is 1.20 bits per heavy atom. The first-order valence-electron chi connectivity index (χ1n) is 9.35. The number of carbonyl (C=O) groups excluding carboxylic acids is 1. The molecule has 1 aromatic heterocycles. The Morgan fingerprint density at radius 3 is 2.76 bits per heavy atom. The molecule has 136 valence electrons. The maximum absolute atomic E-state index is 12.1. The van der Waals surface area contributed by atoms with E-state index >= 15 is 0 Å². The summed E-state index contributed by atoms with van der Waals surface area (Å²) in [6.45, 7) is 1.82. The van der Waals surface area contributed by atoms with Gasteiger partial charge >= 0.3 is 6.03 Å². The third-order valence-corrected chi connectivity index (χ3v) is 5.12. The van der Waals surface area contributed by atoms with Gasteiger partial charge < -0.3 is 20.5 Å². The zero-order chi connectivity index (χ0) is 17.6. The molecule has 1 saturated carbocycles. The van der Waals surface area contributed by atoms with Crippen molar-refractivity contribution in [3.8, 4) is 0 Å². The summed E-state index contributed by atoms with van der Waals surface area (Å²) < 4.78 is 0. The van der Waals surface area contributed by atoms with Gasteiger partial charge in [-0.15, -0.1) is 0 Å². The number of rotatable bonds is 6. The number of aromatic nitrogens is 1. The lowest BCUT2D eigenvalue weighted by Gasteiger charge is -2.30. The number of fused-ring (bicyclic) bond motifs is 1. The van der Waals surface area contributed by atoms with Gasteiger partial charge in [-0.05, 0) is 81.3 Å². The molecule has 1 fully saturated rings. The van der Waals surface area contributed by atoms with Crippen LogP contribution in [0.5, 0.6) is 0 Å². The standard InChI is InChI=1S/C20H30N4O/c1-24(2)14-16-3-6-18(7-4-16)23-20(25)22-11-9-15-5-8-19-17(13-15)10-12-21-19/h5,8,10,12-13,16,18,21H,3-4,6-7,9,11,14H2,1-2H3,(H2,22,23,25). The molecule has 0 unspecified atom stereocenters. The Labute approximate surface area is 150 Å². The van der Waals surface area contributed by atoms with Crippen LogP contribution < -0.4 is 10.6 Å². The molecule has 1 heterocycles. The van der Waals surface area contributed by atoms with Crippen LogP contribution in [0.25, 0.3) is 10.9 Å². The summed E-state index contributed by atoms with van der Waals surface area (Å²) in [6.07, 6.45) is 7.41. The maximum Gasteiger partial charge on any atom is 0.315 e. The van der Waals surface area contributed by atoms with E-state index < -0.39 is 0 Å². The second-order valence-electron chi connectivity index (χ2n) is 7.53. The van der Waals surface area contributed by atoms with Crippen molar-refractivity contribution in [3.63, 3.8) is 0 Å². The highest BCUT2D eigenvalue weighted by Crippen LogP contribution is 2.24. The molecule has 3 rings (SSSR count). The highest BCUT2D eigenvalue weighted by Gasteiger charge is 2.22. The lowest BCUT2D eigenvalue weighted by atomic mass is 9.86. The average molecular weight is 342 g/mol. The fourth-order valence-electron chi connectivity index (χ4n) is 3.82. The number of hydrogen-bond donors (Lipinski definition) is 3. The summed E-state index contributed by atoms with van der Waals surface area (Å²) in [7, 11) is 4.26. The number of hydrogen-bond acceptors (Lipinski definition) is 2. The molecule has 5 nitrogen and oxygen atoms in total. The van der Waals surface area contributed by atoms with Crippen molar-refractivity contribution in [2.75, 3.05) is 27.2 Å². The molecule has 0 radical (unpaired) electrons. The van der Waals surface area contributed by atoms with E-state index in [1.807, 2.05) is 6.20 Å². The van der Waals surface area contributed by atoms with Gasteiger partial charge in [0.15, 0.2) is 0 Å². The zero-order valence-corrected chi connectivity index (χ0v) is 15.3. The quantitative estimate of drug-likeness (QED) is 0.755. The number of nitrogens with one attached hydrogen (secondary N) is 3. The lowest BCUT2D eigenvalue weighted by Crippen LogP contribution is -2.44. The molecule has 0 bridgehead atoms. The van der Waals surface area contributed by atoms with Crippen LogP contribution in [0.1, 0.15) is 31.2 Å². The molecule has 0 aliphatic heterocycles. The largest absolute Gasteiger partial charge is 0.361 e. The van der Waals surface area contributed by atoms with Crippen molar-refractivity contribution in [1.82, 2.24) is 20.5 Å². The maximum atomic E-state index is 12.1. The average Bonchev–Trinajstić information content (AvgIpc) is 3.04. The zero-order valence-electron chi connectivity index (χ0n) is 15.3. The fourth-order valence-corrected chi connectivity index (χ4v) is 3.82. The molecule has 5 heteroatoms. The first-order valence-corrected chi connectivity index (χ1v) is 9.35. The van der Waals surface area contributed by atoms with E-state index in [9.17, 15) is 4.79 Å². The van der Waals surface area contributed by atoms with Crippen molar-refractivity contribution < 1.29 is 4.79 Å². The Balaban J connectivity index is 1.35. The summed E-state index contributed by atoms with van der Waals surface area (Å²) in [5, 5.41) is 7.35. The van der Waals surface area contributed by atoms with Gasteiger partial charge in [0.1, 0.15) is 0 Å². The lowest BCUT2D eigenvalue weighted by molar-refractivity contribution is 0.216. The van der Waals surface area contributed by atoms with Crippen LogP contribution >= 0.6 is 0 Å². The van der Waals surface area contributed by atoms with Crippen LogP contribution in [0.2, 0.25) is 0 Å². The molecule has 1 aliphatic carbocycles. The summed E-state index contributed by atoms with van der Waals surface area (Å²) in [5.41, 5.74) is 2.40. The van der Waals surface area contributed by atoms with E-state index in [4.69, 9.17) is 0 Å². The summed E-state index contributed by atoms with van der Waals surface area (Å²) in [5.74, 6) is 0.777. The van der Waals surface area contributed by atoms with Gasteiger partial charge in [0.25, 0.3) is 0 Å². The number of H-pyrrole nitrogens is 1. The minimum absolute atomic E-state index is 0.0289. The molecule has 0 saturated heterocycles. The van der Waals surface area contributed by atoms with E-state index in [0.29, 0.717) is 12.6 Å². The monoisotopic (exact) mass is 342 g/mol. The van der Waals surface area contributed by atoms with Crippen molar-refractivity contribution in [2.24, 2.45) is 5.92 Å². The fraction of sp³-hybridized carbons (Fsp3) is 0.550. The van der Waals surface area contributed by atoms with Gasteiger partial charge in [-0.3, -0.25) is 0 Å². The van der Waals surface area contributed by atoms with Crippen LogP contribution in [0.4, 0.5) is 4.79 Å². The van der Waals surface area contributed by atoms with Gasteiger partial charge in [0.05, 0.1) is 0 Å². The molecule has 0 spiro atoms. The van der Waals surface area contributed by atoms with E-state index in [1.165, 1.54) is 23.8 Å². The summed E-state index contributed by atoms with van der Waals surface area (Å²) >= 11 is 0. The Hall–Kier alpha value is -2.01. The second-order valence-corrected chi connectivity index (χ2v) is 7.53. The smallest absolute Gasteiger partial charge is 0.315 e. The molecule has 0 atom stereocenters. The summed E-state index contributed by atoms with van der Waals surface area (Å²) in [6, 6.07) is 8.76. The van der Waals surface area contributed by atoms with Crippen LogP contribution in [0, 0.1) is 5.92 Å². The molecule has 1 aromatic carbocycles. The number of urea groups is 1. The van der Waals surface area contributed by atoms with Crippen molar-refractivity contribution in [1.29, 1.82) is 0 Å². The van der Waals surface area contributed by atoms with Crippen LogP contribution in [0.15, 0.2) is 30.5 Å². The van der Waals surface area contributed by atoms with Gasteiger partial charge in [-0.2, -0.15) is 0 Å². The highest BCUT2D eigenvalue weighted by molar-refractivity contribution is 5.80. The van der Waals surface area contributed by atoms with Gasteiger partial charge in [-0.25, -0.2) is 4.79 Å². The van der Waals surface area contributed by atoms with Gasteiger partial charge in [-0.1, -0.05) is 6.07 Å². The molecule has 3 N–H and O–H groups in total.